The number of benzene rings is 1. The van der Waals surface area contributed by atoms with E-state index in [4.69, 9.17) is 35.9 Å². The molecule has 0 aliphatic rings. The van der Waals surface area contributed by atoms with Crippen LogP contribution in [0.25, 0.3) is 10.2 Å². The van der Waals surface area contributed by atoms with Crippen LogP contribution in [0.2, 0.25) is 0 Å². The number of nitrogens with zero attached hydrogens (tertiary/aromatic N) is 2. The van der Waals surface area contributed by atoms with Crippen LogP contribution in [-0.4, -0.2) is 35.6 Å². The molecular weight excluding hydrogens is 596 g/mol. The van der Waals surface area contributed by atoms with E-state index in [1.54, 1.807) is 11.3 Å². The minimum absolute atomic E-state index is 0. The van der Waals surface area contributed by atoms with Crippen LogP contribution in [0.3, 0.4) is 0 Å². The first-order valence-corrected chi connectivity index (χ1v) is 9.23. The van der Waals surface area contributed by atoms with E-state index in [2.05, 4.69) is 65.9 Å². The fraction of sp³-hybridized carbons (Fsp3) is 0.400. The van der Waals surface area contributed by atoms with Crippen molar-refractivity contribution in [2.75, 3.05) is 26.2 Å². The second-order valence-electron chi connectivity index (χ2n) is 4.55. The van der Waals surface area contributed by atoms with E-state index in [9.17, 15) is 0 Å². The molecule has 0 unspecified atom stereocenters. The minimum Gasteiger partial charge on any atom is -0.408 e. The standard InChI is InChI=1S/C8H20N.C7H5NS2.5CO.W/c1-5-9(6-2,7-3)8-4;9-7-8-5-3-1-2-4-6(5)10-7;5*1-2;/h5-8H2,1-4H3;1-4H,(H,8,9);;;;;;/q+1;;;;;;;/p-1. The average molecular weight is 620 g/mol. The third-order valence-corrected chi connectivity index (χ3v) is 5.13. The molecule has 0 saturated carbocycles. The number of hydrogen-bond donors (Lipinski definition) is 0. The summed E-state index contributed by atoms with van der Waals surface area (Å²) in [5, 5.41) is 0. The van der Waals surface area contributed by atoms with Crippen LogP contribution in [0.5, 0.6) is 0 Å². The van der Waals surface area contributed by atoms with Crippen molar-refractivity contribution in [1.82, 2.24) is 4.98 Å². The minimum atomic E-state index is 0. The van der Waals surface area contributed by atoms with Crippen molar-refractivity contribution in [3.05, 3.63) is 57.5 Å². The van der Waals surface area contributed by atoms with E-state index in [0.717, 1.165) is 9.86 Å². The first-order chi connectivity index (χ1) is 14.1. The van der Waals surface area contributed by atoms with Crippen molar-refractivity contribution in [1.29, 1.82) is 0 Å². The zero-order valence-electron chi connectivity index (χ0n) is 17.3. The number of hydrogen-bond acceptors (Lipinski definition) is 3. The van der Waals surface area contributed by atoms with Crippen LogP contribution in [0, 0.1) is 33.3 Å². The van der Waals surface area contributed by atoms with E-state index >= 15 is 0 Å². The SMILES string of the molecule is CC[N+](CC)(CC)CC.[C-]#[O+].[C-]#[O+].[C-]#[O+].[C-]#[O+].[C-]#[O+].[S-]c1nc2ccccc2s1.[W]. The van der Waals surface area contributed by atoms with E-state index in [1.165, 1.54) is 35.4 Å². The van der Waals surface area contributed by atoms with Crippen LogP contribution in [0.15, 0.2) is 28.6 Å². The Hall–Kier alpha value is -1.32. The molecule has 0 spiro atoms. The molecule has 0 N–H and O–H groups in total. The maximum atomic E-state index is 7.50. The molecule has 2 rings (SSSR count). The number of quaternary nitrogens is 1. The van der Waals surface area contributed by atoms with Crippen molar-refractivity contribution in [3.8, 4) is 0 Å². The van der Waals surface area contributed by atoms with Gasteiger partial charge in [0.05, 0.1) is 31.7 Å². The summed E-state index contributed by atoms with van der Waals surface area (Å²) >= 11 is 6.48. The molecule has 1 aromatic carbocycles. The van der Waals surface area contributed by atoms with Crippen molar-refractivity contribution in [3.63, 3.8) is 0 Å². The molecule has 10 heteroatoms. The number of fused-ring (bicyclic) bond motifs is 1. The molecule has 0 atom stereocenters. The molecular formula is C20H24N2O5S2W. The van der Waals surface area contributed by atoms with Crippen LogP contribution in [0.1, 0.15) is 27.7 Å². The van der Waals surface area contributed by atoms with E-state index in [1.807, 2.05) is 24.3 Å². The molecule has 0 bridgehead atoms. The van der Waals surface area contributed by atoms with Crippen LogP contribution in [-0.2, 0) is 57.0 Å². The van der Waals surface area contributed by atoms with Gasteiger partial charge in [-0.1, -0.05) is 18.2 Å². The third-order valence-electron chi connectivity index (χ3n) is 3.96. The molecule has 1 aromatic heterocycles. The predicted octanol–water partition coefficient (Wildman–Crippen LogP) is 3.89. The zero-order valence-corrected chi connectivity index (χ0v) is 21.9. The topological polar surface area (TPSA) is 112 Å². The second kappa shape index (κ2) is 35.1. The Morgan fingerprint density at radius 2 is 1.10 bits per heavy atom. The van der Waals surface area contributed by atoms with E-state index in [-0.39, 0.29) is 21.1 Å². The third kappa shape index (κ3) is 20.0. The zero-order chi connectivity index (χ0) is 24.3. The maximum Gasteiger partial charge on any atom is 0.0600 e. The van der Waals surface area contributed by atoms with Gasteiger partial charge >= 0.3 is 56.5 Å². The Kier molecular flexibility index (Phi) is 50.0. The van der Waals surface area contributed by atoms with Gasteiger partial charge in [-0.15, -0.1) is 0 Å². The summed E-state index contributed by atoms with van der Waals surface area (Å²) in [7, 11) is 0. The molecule has 0 aliphatic heterocycles. The first-order valence-electron chi connectivity index (χ1n) is 8.00. The van der Waals surface area contributed by atoms with Gasteiger partial charge in [0.1, 0.15) is 0 Å². The quantitative estimate of drug-likeness (QED) is 0.224. The van der Waals surface area contributed by atoms with Gasteiger partial charge in [0.2, 0.25) is 0 Å². The fourth-order valence-electron chi connectivity index (χ4n) is 2.19. The van der Waals surface area contributed by atoms with Gasteiger partial charge in [-0.05, 0) is 42.8 Å². The summed E-state index contributed by atoms with van der Waals surface area (Å²) in [6.45, 7) is 36.7. The van der Waals surface area contributed by atoms with Crippen molar-refractivity contribution < 1.29 is 48.8 Å². The number of rotatable bonds is 4. The van der Waals surface area contributed by atoms with Gasteiger partial charge in [0, 0.05) is 21.1 Å². The maximum absolute atomic E-state index is 7.50. The van der Waals surface area contributed by atoms with Crippen LogP contribution in [0.4, 0.5) is 0 Å². The number of para-hydroxylation sites is 1. The summed E-state index contributed by atoms with van der Waals surface area (Å²) in [5.41, 5.74) is 1.01. The summed E-state index contributed by atoms with van der Waals surface area (Å²) in [4.78, 5) is 4.15. The molecule has 2 aromatic rings. The Balaban J connectivity index is -0.0000000666. The molecule has 7 nitrogen and oxygen atoms in total. The second-order valence-corrected chi connectivity index (χ2v) is 6.23. The average Bonchev–Trinajstić information content (AvgIpc) is 3.23. The molecule has 0 fully saturated rings. The number of thiazole rings is 1. The smallest absolute Gasteiger partial charge is 0.0600 e. The van der Waals surface area contributed by atoms with Gasteiger partial charge < -0.3 is 28.4 Å². The molecule has 30 heavy (non-hydrogen) atoms. The molecule has 0 amide bonds. The Labute approximate surface area is 203 Å². The van der Waals surface area contributed by atoms with Gasteiger partial charge in [0.15, 0.2) is 0 Å². The molecule has 1 heterocycles. The summed E-state index contributed by atoms with van der Waals surface area (Å²) in [6.07, 6.45) is 0. The van der Waals surface area contributed by atoms with Gasteiger partial charge in [-0.3, -0.25) is 4.98 Å². The Morgan fingerprint density at radius 1 is 0.767 bits per heavy atom. The number of aromatic nitrogens is 1. The van der Waals surface area contributed by atoms with E-state index in [0.29, 0.717) is 0 Å². The van der Waals surface area contributed by atoms with Crippen LogP contribution < -0.4 is 0 Å². The van der Waals surface area contributed by atoms with E-state index < -0.39 is 0 Å². The predicted molar refractivity (Wildman–Crippen MR) is 107 cm³/mol. The molecule has 0 saturated heterocycles. The molecule has 0 aliphatic carbocycles. The fourth-order valence-corrected chi connectivity index (χ4v) is 3.26. The van der Waals surface area contributed by atoms with Crippen LogP contribution >= 0.6 is 11.3 Å². The molecule has 0 radical (unpaired) electrons. The summed E-state index contributed by atoms with van der Waals surface area (Å²) in [5.74, 6) is 0. The summed E-state index contributed by atoms with van der Waals surface area (Å²) in [6, 6.07) is 7.97. The van der Waals surface area contributed by atoms with Crippen molar-refractivity contribution in [2.24, 2.45) is 0 Å². The van der Waals surface area contributed by atoms with Gasteiger partial charge in [-0.25, -0.2) is 0 Å². The van der Waals surface area contributed by atoms with Crippen molar-refractivity contribution >= 4 is 34.2 Å². The normalized spacial score (nSPS) is 7.40. The van der Waals surface area contributed by atoms with Gasteiger partial charge in [0.25, 0.3) is 0 Å². The Morgan fingerprint density at radius 3 is 1.37 bits per heavy atom. The first kappa shape index (κ1) is 42.7. The molecule has 162 valence electrons. The Bertz CT molecular complexity index is 623. The summed E-state index contributed by atoms with van der Waals surface area (Å²) < 4.78 is 40.7. The van der Waals surface area contributed by atoms with Gasteiger partial charge in [-0.2, -0.15) is 0 Å². The van der Waals surface area contributed by atoms with Crippen molar-refractivity contribution in [2.45, 2.75) is 32.0 Å². The largest absolute Gasteiger partial charge is 0.408 e. The monoisotopic (exact) mass is 620 g/mol.